The van der Waals surface area contributed by atoms with Gasteiger partial charge in [0.2, 0.25) is 0 Å². The largest absolute Gasteiger partial charge is 0.507 e. The van der Waals surface area contributed by atoms with Crippen molar-refractivity contribution in [3.8, 4) is 5.75 Å². The number of hydrogen-bond acceptors (Lipinski definition) is 4. The number of benzene rings is 3. The Labute approximate surface area is 202 Å². The van der Waals surface area contributed by atoms with E-state index in [2.05, 4.69) is 0 Å². The van der Waals surface area contributed by atoms with E-state index < -0.39 is 35.1 Å². The second kappa shape index (κ2) is 9.70. The van der Waals surface area contributed by atoms with Gasteiger partial charge >= 0.3 is 0 Å². The van der Waals surface area contributed by atoms with Crippen LogP contribution >= 0.6 is 0 Å². The number of carbonyl (C=O) groups is 2. The molecule has 3 aromatic rings. The minimum Gasteiger partial charge on any atom is -0.507 e. The average molecular weight is 478 g/mol. The van der Waals surface area contributed by atoms with Crippen molar-refractivity contribution in [2.24, 2.45) is 5.92 Å². The number of aliphatic hydroxyl groups is 1. The van der Waals surface area contributed by atoms with E-state index in [0.29, 0.717) is 35.5 Å². The van der Waals surface area contributed by atoms with Crippen LogP contribution in [-0.2, 0) is 9.59 Å². The van der Waals surface area contributed by atoms with Crippen molar-refractivity contribution in [1.29, 1.82) is 0 Å². The molecule has 0 aromatic heterocycles. The van der Waals surface area contributed by atoms with E-state index in [9.17, 15) is 23.5 Å². The molecule has 1 unspecified atom stereocenters. The lowest BCUT2D eigenvalue weighted by Gasteiger charge is -2.26. The molecule has 1 saturated heterocycles. The fourth-order valence-electron chi connectivity index (χ4n) is 4.04. The molecular formula is C28H25F2NO4. The Morgan fingerprint density at radius 3 is 2.37 bits per heavy atom. The molecule has 4 rings (SSSR count). The Bertz CT molecular complexity index is 1310. The van der Waals surface area contributed by atoms with Gasteiger partial charge in [0.05, 0.1) is 23.9 Å². The predicted octanol–water partition coefficient (Wildman–Crippen LogP) is 5.93. The summed E-state index contributed by atoms with van der Waals surface area (Å²) in [5, 5.41) is 11.2. The van der Waals surface area contributed by atoms with Crippen molar-refractivity contribution in [1.82, 2.24) is 0 Å². The van der Waals surface area contributed by atoms with Gasteiger partial charge in [0, 0.05) is 11.6 Å². The lowest BCUT2D eigenvalue weighted by molar-refractivity contribution is -0.132. The third-order valence-corrected chi connectivity index (χ3v) is 5.68. The Morgan fingerprint density at radius 1 is 1.03 bits per heavy atom. The Kier molecular flexibility index (Phi) is 6.69. The summed E-state index contributed by atoms with van der Waals surface area (Å²) in [7, 11) is 0. The van der Waals surface area contributed by atoms with Gasteiger partial charge in [0.25, 0.3) is 11.7 Å². The van der Waals surface area contributed by atoms with Crippen LogP contribution in [0.3, 0.4) is 0 Å². The molecule has 180 valence electrons. The van der Waals surface area contributed by atoms with E-state index in [4.69, 9.17) is 4.74 Å². The van der Waals surface area contributed by atoms with Gasteiger partial charge in [-0.1, -0.05) is 43.7 Å². The molecule has 7 heteroatoms. The summed E-state index contributed by atoms with van der Waals surface area (Å²) in [5.41, 5.74) is 1.22. The molecular weight excluding hydrogens is 452 g/mol. The predicted molar refractivity (Wildman–Crippen MR) is 129 cm³/mol. The molecule has 0 spiro atoms. The van der Waals surface area contributed by atoms with Gasteiger partial charge < -0.3 is 9.84 Å². The number of halogens is 2. The highest BCUT2D eigenvalue weighted by Crippen LogP contribution is 2.43. The molecule has 5 nitrogen and oxygen atoms in total. The summed E-state index contributed by atoms with van der Waals surface area (Å²) < 4.78 is 34.0. The van der Waals surface area contributed by atoms with Crippen molar-refractivity contribution in [3.63, 3.8) is 0 Å². The minimum absolute atomic E-state index is 0.180. The van der Waals surface area contributed by atoms with E-state index in [1.165, 1.54) is 0 Å². The molecule has 1 aliphatic rings. The SMILES string of the molecule is Cc1cccc(C2/C(=C(\O)c3ccc(OCC(C)C)cc3)C(=O)C(=O)N2c2ccc(F)cc2F)c1. The van der Waals surface area contributed by atoms with Crippen LogP contribution in [-0.4, -0.2) is 23.4 Å². The quantitative estimate of drug-likeness (QED) is 0.271. The van der Waals surface area contributed by atoms with Gasteiger partial charge in [-0.05, 0) is 54.8 Å². The molecule has 1 heterocycles. The van der Waals surface area contributed by atoms with Crippen molar-refractivity contribution in [3.05, 3.63) is 101 Å². The first-order chi connectivity index (χ1) is 16.7. The van der Waals surface area contributed by atoms with Gasteiger partial charge in [-0.3, -0.25) is 14.5 Å². The van der Waals surface area contributed by atoms with Crippen molar-refractivity contribution < 1.29 is 28.2 Å². The van der Waals surface area contributed by atoms with E-state index in [1.807, 2.05) is 26.8 Å². The first-order valence-corrected chi connectivity index (χ1v) is 11.2. The fraction of sp³-hybridized carbons (Fsp3) is 0.214. The lowest BCUT2D eigenvalue weighted by Crippen LogP contribution is -2.30. The fourth-order valence-corrected chi connectivity index (χ4v) is 4.04. The summed E-state index contributed by atoms with van der Waals surface area (Å²) in [6.45, 7) is 6.40. The summed E-state index contributed by atoms with van der Waals surface area (Å²) in [6, 6.07) is 15.2. The van der Waals surface area contributed by atoms with E-state index in [1.54, 1.807) is 42.5 Å². The zero-order valence-electron chi connectivity index (χ0n) is 19.6. The number of ether oxygens (including phenoxy) is 1. The third-order valence-electron chi connectivity index (χ3n) is 5.68. The number of hydrogen-bond donors (Lipinski definition) is 1. The minimum atomic E-state index is -1.10. The number of Topliss-reactive ketones (excluding diaryl/α,β-unsaturated/α-hetero) is 1. The maximum atomic E-state index is 14.8. The third kappa shape index (κ3) is 4.80. The van der Waals surface area contributed by atoms with Crippen LogP contribution in [0.15, 0.2) is 72.3 Å². The first kappa shape index (κ1) is 24.1. The molecule has 35 heavy (non-hydrogen) atoms. The van der Waals surface area contributed by atoms with Gasteiger partial charge in [-0.2, -0.15) is 0 Å². The number of carbonyl (C=O) groups excluding carboxylic acids is 2. The lowest BCUT2D eigenvalue weighted by atomic mass is 9.94. The molecule has 1 amide bonds. The zero-order chi connectivity index (χ0) is 25.3. The topological polar surface area (TPSA) is 66.8 Å². The highest BCUT2D eigenvalue weighted by molar-refractivity contribution is 6.51. The number of anilines is 1. The highest BCUT2D eigenvalue weighted by atomic mass is 19.1. The Hall–Kier alpha value is -4.00. The highest BCUT2D eigenvalue weighted by Gasteiger charge is 2.47. The second-order valence-electron chi connectivity index (χ2n) is 8.91. The second-order valence-corrected chi connectivity index (χ2v) is 8.91. The van der Waals surface area contributed by atoms with Crippen LogP contribution in [0.1, 0.15) is 36.6 Å². The van der Waals surface area contributed by atoms with E-state index >= 15 is 0 Å². The summed E-state index contributed by atoms with van der Waals surface area (Å²) in [6.07, 6.45) is 0. The number of rotatable bonds is 6. The van der Waals surface area contributed by atoms with Crippen LogP contribution in [0.25, 0.3) is 5.76 Å². The number of aliphatic hydroxyl groups excluding tert-OH is 1. The van der Waals surface area contributed by atoms with Crippen LogP contribution < -0.4 is 9.64 Å². The van der Waals surface area contributed by atoms with Crippen LogP contribution in [0.4, 0.5) is 14.5 Å². The molecule has 0 bridgehead atoms. The molecule has 0 radical (unpaired) electrons. The normalized spacial score (nSPS) is 17.3. The number of nitrogens with zero attached hydrogens (tertiary/aromatic N) is 1. The van der Waals surface area contributed by atoms with Crippen molar-refractivity contribution in [2.75, 3.05) is 11.5 Å². The van der Waals surface area contributed by atoms with E-state index in [-0.39, 0.29) is 11.3 Å². The molecule has 1 fully saturated rings. The van der Waals surface area contributed by atoms with Gasteiger partial charge in [0.15, 0.2) is 0 Å². The van der Waals surface area contributed by atoms with Crippen molar-refractivity contribution >= 4 is 23.1 Å². The molecule has 0 aliphatic carbocycles. The summed E-state index contributed by atoms with van der Waals surface area (Å²) >= 11 is 0. The molecule has 1 atom stereocenters. The average Bonchev–Trinajstić information content (AvgIpc) is 3.08. The maximum Gasteiger partial charge on any atom is 0.300 e. The van der Waals surface area contributed by atoms with Crippen LogP contribution in [0, 0.1) is 24.5 Å². The zero-order valence-corrected chi connectivity index (χ0v) is 19.6. The van der Waals surface area contributed by atoms with Gasteiger partial charge in [-0.25, -0.2) is 8.78 Å². The Balaban J connectivity index is 1.85. The summed E-state index contributed by atoms with van der Waals surface area (Å²) in [4.78, 5) is 27.2. The van der Waals surface area contributed by atoms with Gasteiger partial charge in [0.1, 0.15) is 23.1 Å². The smallest absolute Gasteiger partial charge is 0.300 e. The van der Waals surface area contributed by atoms with Crippen molar-refractivity contribution in [2.45, 2.75) is 26.8 Å². The standard InChI is InChI=1S/C28H25F2NO4/c1-16(2)15-35-21-10-7-18(8-11-21)26(32)24-25(19-6-4-5-17(3)13-19)31(28(34)27(24)33)23-12-9-20(29)14-22(23)30/h4-14,16,25,32H,15H2,1-3H3/b26-24+. The van der Waals surface area contributed by atoms with Gasteiger partial charge in [-0.15, -0.1) is 0 Å². The monoisotopic (exact) mass is 477 g/mol. The maximum absolute atomic E-state index is 14.8. The first-order valence-electron chi connectivity index (χ1n) is 11.2. The molecule has 1 aliphatic heterocycles. The number of amides is 1. The molecule has 1 N–H and O–H groups in total. The number of ketones is 1. The molecule has 3 aromatic carbocycles. The Morgan fingerprint density at radius 2 is 1.74 bits per heavy atom. The molecule has 0 saturated carbocycles. The van der Waals surface area contributed by atoms with E-state index in [0.717, 1.165) is 22.6 Å². The number of aryl methyl sites for hydroxylation is 1. The summed E-state index contributed by atoms with van der Waals surface area (Å²) in [5.74, 6) is -3.24. The van der Waals surface area contributed by atoms with Crippen LogP contribution in [0.2, 0.25) is 0 Å². The van der Waals surface area contributed by atoms with Crippen LogP contribution in [0.5, 0.6) is 5.75 Å².